The Labute approximate surface area is 178 Å². The van der Waals surface area contributed by atoms with Crippen molar-refractivity contribution >= 4 is 32.0 Å². The van der Waals surface area contributed by atoms with Crippen molar-refractivity contribution in [3.63, 3.8) is 0 Å². The predicted octanol–water partition coefficient (Wildman–Crippen LogP) is 3.77. The molecule has 29 heavy (non-hydrogen) atoms. The van der Waals surface area contributed by atoms with E-state index in [1.54, 1.807) is 13.1 Å². The second-order valence-corrected chi connectivity index (χ2v) is 14.0. The molecule has 0 saturated carbocycles. The molecule has 0 aromatic heterocycles. The zero-order chi connectivity index (χ0) is 22.4. The first-order valence-corrected chi connectivity index (χ1v) is 13.4. The third-order valence-electron chi connectivity index (χ3n) is 5.18. The SMILES string of the molecule is CN[C@@H](CSCc1c(O[Si](C)(C)C(C)(C)C)cc(OC)cc1C(=O)O)C(=O)OC. The Kier molecular flexibility index (Phi) is 9.04. The smallest absolute Gasteiger partial charge is 0.336 e. The molecule has 2 N–H and O–H groups in total. The van der Waals surface area contributed by atoms with Crippen LogP contribution in [0.4, 0.5) is 0 Å². The highest BCUT2D eigenvalue weighted by Crippen LogP contribution is 2.40. The van der Waals surface area contributed by atoms with Crippen LogP contribution < -0.4 is 14.5 Å². The van der Waals surface area contributed by atoms with Crippen LogP contribution in [0.2, 0.25) is 18.1 Å². The van der Waals surface area contributed by atoms with E-state index in [2.05, 4.69) is 39.2 Å². The molecule has 0 unspecified atom stereocenters. The van der Waals surface area contributed by atoms with E-state index in [1.165, 1.54) is 32.0 Å². The number of nitrogens with one attached hydrogen (secondary N) is 1. The number of carbonyl (C=O) groups is 2. The summed E-state index contributed by atoms with van der Waals surface area (Å²) in [5.74, 6) is 0.384. The Morgan fingerprint density at radius 1 is 1.24 bits per heavy atom. The van der Waals surface area contributed by atoms with Crippen molar-refractivity contribution < 1.29 is 28.6 Å². The van der Waals surface area contributed by atoms with Crippen molar-refractivity contribution in [3.8, 4) is 11.5 Å². The average Bonchev–Trinajstić information content (AvgIpc) is 2.63. The number of esters is 1. The summed E-state index contributed by atoms with van der Waals surface area (Å²) in [4.78, 5) is 23.7. The van der Waals surface area contributed by atoms with Gasteiger partial charge in [0.05, 0.1) is 19.8 Å². The molecule has 0 aliphatic rings. The van der Waals surface area contributed by atoms with Gasteiger partial charge in [-0.25, -0.2) is 4.79 Å². The molecule has 0 bridgehead atoms. The minimum absolute atomic E-state index is 0.0496. The van der Waals surface area contributed by atoms with Crippen molar-refractivity contribution in [1.82, 2.24) is 5.32 Å². The number of methoxy groups -OCH3 is 2. The van der Waals surface area contributed by atoms with E-state index in [0.717, 1.165) is 0 Å². The molecule has 0 saturated heterocycles. The molecule has 1 atom stereocenters. The topological polar surface area (TPSA) is 94.1 Å². The van der Waals surface area contributed by atoms with Gasteiger partial charge in [0.1, 0.15) is 17.5 Å². The van der Waals surface area contributed by atoms with Crippen LogP contribution in [-0.2, 0) is 15.3 Å². The van der Waals surface area contributed by atoms with Gasteiger partial charge in [-0.15, -0.1) is 0 Å². The number of rotatable bonds is 10. The van der Waals surface area contributed by atoms with Gasteiger partial charge in [0.25, 0.3) is 0 Å². The lowest BCUT2D eigenvalue weighted by atomic mass is 10.1. The molecule has 0 amide bonds. The summed E-state index contributed by atoms with van der Waals surface area (Å²) >= 11 is 1.44. The van der Waals surface area contributed by atoms with Gasteiger partial charge in [-0.1, -0.05) is 20.8 Å². The first-order valence-electron chi connectivity index (χ1n) is 9.34. The Hall–Kier alpha value is -1.71. The van der Waals surface area contributed by atoms with Crippen LogP contribution in [0.5, 0.6) is 11.5 Å². The summed E-state index contributed by atoms with van der Waals surface area (Å²) in [5, 5.41) is 12.6. The Bertz CT molecular complexity index is 732. The van der Waals surface area contributed by atoms with Gasteiger partial charge in [-0.05, 0) is 31.2 Å². The summed E-state index contributed by atoms with van der Waals surface area (Å²) in [7, 11) is 2.32. The second-order valence-electron chi connectivity index (χ2n) is 8.20. The van der Waals surface area contributed by atoms with Crippen molar-refractivity contribution in [2.45, 2.75) is 50.7 Å². The van der Waals surface area contributed by atoms with Crippen LogP contribution in [0.3, 0.4) is 0 Å². The molecule has 0 aliphatic heterocycles. The van der Waals surface area contributed by atoms with Crippen LogP contribution in [0, 0.1) is 0 Å². The lowest BCUT2D eigenvalue weighted by Gasteiger charge is -2.37. The number of thioether (sulfide) groups is 1. The first kappa shape index (κ1) is 25.3. The minimum atomic E-state index is -2.21. The van der Waals surface area contributed by atoms with E-state index in [4.69, 9.17) is 13.9 Å². The highest BCUT2D eigenvalue weighted by Gasteiger charge is 2.40. The normalized spacial score (nSPS) is 13.0. The monoisotopic (exact) mass is 443 g/mol. The van der Waals surface area contributed by atoms with Gasteiger partial charge in [-0.3, -0.25) is 4.79 Å². The predicted molar refractivity (Wildman–Crippen MR) is 119 cm³/mol. The number of hydrogen-bond donors (Lipinski definition) is 2. The molecule has 164 valence electrons. The Morgan fingerprint density at radius 3 is 2.31 bits per heavy atom. The fourth-order valence-corrected chi connectivity index (χ4v) is 4.48. The summed E-state index contributed by atoms with van der Waals surface area (Å²) in [6.07, 6.45) is 0. The highest BCUT2D eigenvalue weighted by molar-refractivity contribution is 7.98. The van der Waals surface area contributed by atoms with E-state index >= 15 is 0 Å². The number of benzene rings is 1. The molecule has 0 aliphatic carbocycles. The number of hydrogen-bond acceptors (Lipinski definition) is 7. The number of aromatic carboxylic acids is 1. The maximum Gasteiger partial charge on any atom is 0.336 e. The minimum Gasteiger partial charge on any atom is -0.543 e. The molecule has 0 radical (unpaired) electrons. The first-order chi connectivity index (χ1) is 13.4. The molecule has 0 spiro atoms. The zero-order valence-electron chi connectivity index (χ0n) is 18.5. The van der Waals surface area contributed by atoms with Gasteiger partial charge in [-0.2, -0.15) is 11.8 Å². The van der Waals surface area contributed by atoms with Crippen LogP contribution in [-0.4, -0.2) is 58.4 Å². The number of likely N-dealkylation sites (N-methyl/N-ethyl adjacent to an activating group) is 1. The summed E-state index contributed by atoms with van der Waals surface area (Å²) < 4.78 is 16.5. The number of ether oxygens (including phenoxy) is 2. The van der Waals surface area contributed by atoms with Gasteiger partial charge >= 0.3 is 11.9 Å². The van der Waals surface area contributed by atoms with E-state index in [0.29, 0.717) is 28.6 Å². The summed E-state index contributed by atoms with van der Waals surface area (Å²) in [5.41, 5.74) is 0.734. The molecule has 7 nitrogen and oxygen atoms in total. The van der Waals surface area contributed by atoms with E-state index < -0.39 is 20.3 Å². The molecular formula is C20H33NO6SSi. The third-order valence-corrected chi connectivity index (χ3v) is 10.6. The van der Waals surface area contributed by atoms with Crippen molar-refractivity contribution in [3.05, 3.63) is 23.3 Å². The average molecular weight is 444 g/mol. The molecule has 1 aromatic rings. The molecule has 1 aromatic carbocycles. The van der Waals surface area contributed by atoms with Crippen LogP contribution >= 0.6 is 11.8 Å². The quantitative estimate of drug-likeness (QED) is 0.417. The van der Waals surface area contributed by atoms with E-state index in [9.17, 15) is 14.7 Å². The van der Waals surface area contributed by atoms with Crippen molar-refractivity contribution in [2.75, 3.05) is 27.0 Å². The second kappa shape index (κ2) is 10.4. The van der Waals surface area contributed by atoms with Gasteiger partial charge < -0.3 is 24.3 Å². The molecule has 0 heterocycles. The maximum absolute atomic E-state index is 11.9. The van der Waals surface area contributed by atoms with Crippen LogP contribution in [0.15, 0.2) is 12.1 Å². The zero-order valence-corrected chi connectivity index (χ0v) is 20.4. The number of carboxylic acid groups (broad SMARTS) is 1. The van der Waals surface area contributed by atoms with Gasteiger partial charge in [0, 0.05) is 23.1 Å². The maximum atomic E-state index is 11.9. The lowest BCUT2D eigenvalue weighted by Crippen LogP contribution is -2.44. The fraction of sp³-hybridized carbons (Fsp3) is 0.600. The standard InChI is InChI=1S/C20H33NO6SSi/c1-20(2,3)29(7,8)27-17-10-13(25-5)9-14(18(22)23)15(17)11-28-12-16(21-4)19(24)26-6/h9-10,16,21H,11-12H2,1-8H3,(H,22,23)/t16-/m0/s1. The van der Waals surface area contributed by atoms with Crippen molar-refractivity contribution in [2.24, 2.45) is 0 Å². The molecule has 1 rings (SSSR count). The van der Waals surface area contributed by atoms with E-state index in [1.807, 2.05) is 0 Å². The number of carboxylic acids is 1. The molecule has 0 fully saturated rings. The largest absolute Gasteiger partial charge is 0.543 e. The summed E-state index contributed by atoms with van der Waals surface area (Å²) in [6.45, 7) is 10.6. The van der Waals surface area contributed by atoms with Gasteiger partial charge in [0.2, 0.25) is 8.32 Å². The molecule has 9 heteroatoms. The highest BCUT2D eigenvalue weighted by atomic mass is 32.2. The van der Waals surface area contributed by atoms with Crippen LogP contribution in [0.25, 0.3) is 0 Å². The number of carbonyl (C=O) groups excluding carboxylic acids is 1. The van der Waals surface area contributed by atoms with Crippen LogP contribution in [0.1, 0.15) is 36.7 Å². The third kappa shape index (κ3) is 6.65. The molecular weight excluding hydrogens is 410 g/mol. The Balaban J connectivity index is 3.28. The Morgan fingerprint density at radius 2 is 1.86 bits per heavy atom. The van der Waals surface area contributed by atoms with E-state index in [-0.39, 0.29) is 16.6 Å². The van der Waals surface area contributed by atoms with Gasteiger partial charge in [0.15, 0.2) is 0 Å². The van der Waals surface area contributed by atoms with Crippen molar-refractivity contribution in [1.29, 1.82) is 0 Å². The fourth-order valence-electron chi connectivity index (χ4n) is 2.29. The summed E-state index contributed by atoms with van der Waals surface area (Å²) in [6, 6.07) is 2.78. The lowest BCUT2D eigenvalue weighted by molar-refractivity contribution is -0.142.